The normalized spacial score (nSPS) is 21.0. The monoisotopic (exact) mass is 528 g/mol. The third-order valence-electron chi connectivity index (χ3n) is 7.85. The lowest BCUT2D eigenvalue weighted by atomic mass is 9.97. The van der Waals surface area contributed by atoms with Crippen molar-refractivity contribution >= 4 is 10.0 Å². The van der Waals surface area contributed by atoms with Crippen molar-refractivity contribution in [3.05, 3.63) is 46.6 Å². The molecule has 37 heavy (non-hydrogen) atoms. The van der Waals surface area contributed by atoms with Crippen LogP contribution in [0, 0.1) is 0 Å². The molecular weight excluding hydrogens is 468 g/mol. The molecule has 0 fully saturated rings. The number of rotatable bonds is 8. The first-order valence-electron chi connectivity index (χ1n) is 16.3. The average Bonchev–Trinajstić information content (AvgIpc) is 3.54. The molecule has 0 radical (unpaired) electrons. The molecule has 0 aromatic rings. The van der Waals surface area contributed by atoms with Gasteiger partial charge in [-0.1, -0.05) is 63.8 Å². The number of hydrogen-bond donors (Lipinski definition) is 0. The summed E-state index contributed by atoms with van der Waals surface area (Å²) in [4.78, 5) is 0. The minimum Gasteiger partial charge on any atom is -0.399 e. The molecule has 0 spiro atoms. The molecule has 0 aromatic carbocycles. The Morgan fingerprint density at radius 2 is 0.757 bits per heavy atom. The van der Waals surface area contributed by atoms with Crippen molar-refractivity contribution in [2.45, 2.75) is 155 Å². The van der Waals surface area contributed by atoms with Gasteiger partial charge in [-0.05, 0) is 138 Å². The van der Waals surface area contributed by atoms with Crippen LogP contribution in [0.2, 0.25) is 0 Å². The zero-order valence-corrected chi connectivity index (χ0v) is 26.2. The van der Waals surface area contributed by atoms with Crippen LogP contribution in [-0.2, 0) is 8.85 Å². The van der Waals surface area contributed by atoms with Crippen molar-refractivity contribution in [1.82, 2.24) is 0 Å². The van der Waals surface area contributed by atoms with Gasteiger partial charge >= 0.3 is 10.0 Å². The van der Waals surface area contributed by atoms with Crippen molar-refractivity contribution in [2.75, 3.05) is 13.2 Å². The molecule has 0 aliphatic heterocycles. The van der Waals surface area contributed by atoms with Crippen LogP contribution in [0.1, 0.15) is 155 Å². The molecule has 0 saturated heterocycles. The van der Waals surface area contributed by atoms with Gasteiger partial charge in [0.1, 0.15) is 0 Å². The Morgan fingerprint density at radius 1 is 0.459 bits per heavy atom. The van der Waals surface area contributed by atoms with Crippen LogP contribution in [0.25, 0.3) is 0 Å². The lowest BCUT2D eigenvalue weighted by Crippen LogP contribution is -2.05. The summed E-state index contributed by atoms with van der Waals surface area (Å²) in [6.45, 7) is 5.95. The Hall–Kier alpha value is -0.903. The van der Waals surface area contributed by atoms with Crippen LogP contribution in [-0.4, -0.2) is 23.2 Å². The Kier molecular flexibility index (Phi) is 20.1. The minimum absolute atomic E-state index is 0.611. The van der Waals surface area contributed by atoms with Crippen molar-refractivity contribution < 1.29 is 8.85 Å². The molecule has 0 saturated carbocycles. The Labute approximate surface area is 233 Å². The summed E-state index contributed by atoms with van der Waals surface area (Å²) in [6.07, 6.45) is 40.1. The maximum Gasteiger partial charge on any atom is 0.304 e. The summed E-state index contributed by atoms with van der Waals surface area (Å²) in [6, 6.07) is 0. The van der Waals surface area contributed by atoms with E-state index in [2.05, 4.69) is 38.2 Å². The Balaban J connectivity index is 0.000000201. The summed E-state index contributed by atoms with van der Waals surface area (Å²) in [5.41, 5.74) is 6.79. The van der Waals surface area contributed by atoms with Crippen LogP contribution in [0.4, 0.5) is 0 Å². The predicted molar refractivity (Wildman–Crippen MR) is 166 cm³/mol. The molecular formula is C34H60O2Si. The van der Waals surface area contributed by atoms with E-state index in [1.807, 2.05) is 0 Å². The lowest BCUT2D eigenvalue weighted by molar-refractivity contribution is 0.222. The Morgan fingerprint density at radius 3 is 1.03 bits per heavy atom. The maximum absolute atomic E-state index is 5.20. The average molecular weight is 529 g/mol. The van der Waals surface area contributed by atoms with Crippen molar-refractivity contribution in [1.29, 1.82) is 0 Å². The van der Waals surface area contributed by atoms with Gasteiger partial charge in [-0.15, -0.1) is 0 Å². The number of allylic oxidation sites excluding steroid dienone is 8. The van der Waals surface area contributed by atoms with Crippen LogP contribution >= 0.6 is 0 Å². The largest absolute Gasteiger partial charge is 0.399 e. The fourth-order valence-corrected chi connectivity index (χ4v) is 6.62. The first-order chi connectivity index (χ1) is 18.3. The molecule has 0 N–H and O–H groups in total. The summed E-state index contributed by atoms with van der Waals surface area (Å²) in [7, 11) is -0.611. The smallest absolute Gasteiger partial charge is 0.304 e. The second-order valence-corrected chi connectivity index (χ2v) is 12.3. The van der Waals surface area contributed by atoms with E-state index in [0.29, 0.717) is 0 Å². The number of hydrogen-bond acceptors (Lipinski definition) is 2. The lowest BCUT2D eigenvalue weighted by Gasteiger charge is -2.09. The zero-order valence-electron chi connectivity index (χ0n) is 24.8. The van der Waals surface area contributed by atoms with Crippen molar-refractivity contribution in [3.8, 4) is 0 Å². The van der Waals surface area contributed by atoms with E-state index >= 15 is 0 Å². The molecule has 0 bridgehead atoms. The standard InChI is InChI=1S/2C14H22.C6H16O2Si/c2*1-2-6-10-13(9-5-1)14-11-7-3-4-8-12-14;1-3-5-7-9-8-6-4-2/h2*9,11H,1-8,10,12H2;3-6,9H2,1-2H3. The molecule has 2 nitrogen and oxygen atoms in total. The molecule has 3 heteroatoms. The molecule has 0 unspecified atom stereocenters. The van der Waals surface area contributed by atoms with Gasteiger partial charge in [-0.25, -0.2) is 0 Å². The van der Waals surface area contributed by atoms with Gasteiger partial charge in [0.05, 0.1) is 0 Å². The molecule has 0 amide bonds. The van der Waals surface area contributed by atoms with Crippen molar-refractivity contribution in [3.63, 3.8) is 0 Å². The van der Waals surface area contributed by atoms with E-state index in [9.17, 15) is 0 Å². The minimum atomic E-state index is -0.611. The van der Waals surface area contributed by atoms with Crippen LogP contribution in [0.3, 0.4) is 0 Å². The van der Waals surface area contributed by atoms with E-state index < -0.39 is 10.0 Å². The molecule has 0 heterocycles. The fraction of sp³-hybridized carbons (Fsp3) is 0.765. The van der Waals surface area contributed by atoms with Crippen LogP contribution in [0.5, 0.6) is 0 Å². The van der Waals surface area contributed by atoms with Gasteiger partial charge < -0.3 is 8.85 Å². The second-order valence-electron chi connectivity index (χ2n) is 11.2. The fourth-order valence-electron chi connectivity index (χ4n) is 5.69. The quantitative estimate of drug-likeness (QED) is 0.230. The third-order valence-corrected chi connectivity index (χ3v) is 8.76. The molecule has 4 aliphatic carbocycles. The van der Waals surface area contributed by atoms with Gasteiger partial charge in [0.25, 0.3) is 0 Å². The first-order valence-corrected chi connectivity index (χ1v) is 17.4. The predicted octanol–water partition coefficient (Wildman–Crippen LogP) is 10.4. The highest BCUT2D eigenvalue weighted by atomic mass is 28.3. The topological polar surface area (TPSA) is 18.5 Å². The molecule has 4 rings (SSSR count). The summed E-state index contributed by atoms with van der Waals surface area (Å²) in [5.74, 6) is 0. The SMILES string of the molecule is C1=C(C2=CCCCCC2)CCCCC1.C1=C(C2=CCCCCC2)CCCCC1.CCCO[SiH2]OCCC. The van der Waals surface area contributed by atoms with E-state index in [1.54, 1.807) is 22.3 Å². The van der Waals surface area contributed by atoms with Gasteiger partial charge in [-0.3, -0.25) is 0 Å². The molecule has 0 atom stereocenters. The van der Waals surface area contributed by atoms with Gasteiger partial charge in [0, 0.05) is 13.2 Å². The first kappa shape index (κ1) is 32.3. The van der Waals surface area contributed by atoms with Crippen molar-refractivity contribution in [2.24, 2.45) is 0 Å². The van der Waals surface area contributed by atoms with Gasteiger partial charge in [0.2, 0.25) is 0 Å². The van der Waals surface area contributed by atoms with Gasteiger partial charge in [0.15, 0.2) is 0 Å². The Bertz CT molecular complexity index is 578. The molecule has 212 valence electrons. The summed E-state index contributed by atoms with van der Waals surface area (Å²) in [5, 5.41) is 0. The maximum atomic E-state index is 5.20. The highest BCUT2D eigenvalue weighted by molar-refractivity contribution is 6.17. The van der Waals surface area contributed by atoms with Crippen LogP contribution in [0.15, 0.2) is 46.6 Å². The van der Waals surface area contributed by atoms with E-state index in [4.69, 9.17) is 8.85 Å². The highest BCUT2D eigenvalue weighted by Crippen LogP contribution is 2.30. The molecule has 4 aliphatic rings. The highest BCUT2D eigenvalue weighted by Gasteiger charge is 2.10. The summed E-state index contributed by atoms with van der Waals surface area (Å²) < 4.78 is 10.4. The molecule has 0 aromatic heterocycles. The van der Waals surface area contributed by atoms with Gasteiger partial charge in [-0.2, -0.15) is 0 Å². The summed E-state index contributed by atoms with van der Waals surface area (Å²) >= 11 is 0. The van der Waals surface area contributed by atoms with E-state index in [1.165, 1.54) is 128 Å². The van der Waals surface area contributed by atoms with Crippen LogP contribution < -0.4 is 0 Å². The zero-order chi connectivity index (χ0) is 26.2. The van der Waals surface area contributed by atoms with E-state index in [0.717, 1.165) is 26.1 Å². The third kappa shape index (κ3) is 15.9. The second kappa shape index (κ2) is 23.0. The van der Waals surface area contributed by atoms with E-state index in [-0.39, 0.29) is 0 Å².